The normalized spacial score (nSPS) is 16.9. The number of benzene rings is 2. The van der Waals surface area contributed by atoms with Gasteiger partial charge in [-0.25, -0.2) is 9.59 Å². The van der Waals surface area contributed by atoms with Crippen LogP contribution in [0.25, 0.3) is 0 Å². The molecule has 57 heavy (non-hydrogen) atoms. The Morgan fingerprint density at radius 1 is 0.895 bits per heavy atom. The van der Waals surface area contributed by atoms with E-state index in [0.717, 1.165) is 16.9 Å². The summed E-state index contributed by atoms with van der Waals surface area (Å²) in [6.07, 6.45) is 6.22. The molecule has 0 radical (unpaired) electrons. The Labute approximate surface area is 349 Å². The summed E-state index contributed by atoms with van der Waals surface area (Å²) in [4.78, 5) is 78.3. The molecular weight excluding hydrogens is 862 g/mol. The van der Waals surface area contributed by atoms with Gasteiger partial charge in [-0.3, -0.25) is 19.4 Å². The Bertz CT molecular complexity index is 1900. The van der Waals surface area contributed by atoms with E-state index in [-0.39, 0.29) is 36.1 Å². The molecule has 2 saturated heterocycles. The summed E-state index contributed by atoms with van der Waals surface area (Å²) in [6, 6.07) is 12.4. The number of piperazine rings is 1. The van der Waals surface area contributed by atoms with E-state index < -0.39 is 24.0 Å². The molecule has 2 atom stereocenters. The van der Waals surface area contributed by atoms with Crippen molar-refractivity contribution in [1.29, 1.82) is 0 Å². The van der Waals surface area contributed by atoms with Crippen molar-refractivity contribution in [2.75, 3.05) is 56.0 Å². The van der Waals surface area contributed by atoms with Gasteiger partial charge in [0, 0.05) is 95.5 Å². The molecule has 17 heteroatoms. The molecule has 4 heterocycles. The number of urea groups is 2. The standard InChI is InChI=1S/C40H49Br2N9O6/c1-26(52)44-13-5-4-8-34(38(55)49-20-18-48(19-21-49)29-9-14-43-15-10-29)45-37(54)35(24-27-22-31(41)36(53)32(42)23-27)47-39(56)50-16-11-30(12-17-50)51-25-28-6-2-3-7-33(28)46-40(51)57/h2-3,6-7,9-10,14-15,22-23,30,34-35,53H,4-5,8,11-13,16-21,24-25H2,1H3,(H,44,52)(H,45,54)(H,46,57)(H,47,56)/t34-,35+/m0/s1. The van der Waals surface area contributed by atoms with Crippen LogP contribution in [0.1, 0.15) is 50.2 Å². The Kier molecular flexibility index (Phi) is 14.3. The highest BCUT2D eigenvalue weighted by atomic mass is 79.9. The molecule has 15 nitrogen and oxygen atoms in total. The van der Waals surface area contributed by atoms with E-state index in [4.69, 9.17) is 0 Å². The number of likely N-dealkylation sites (tertiary alicyclic amines) is 1. The van der Waals surface area contributed by atoms with Gasteiger partial charge < -0.3 is 46.0 Å². The Morgan fingerprint density at radius 2 is 1.58 bits per heavy atom. The Hall–Kier alpha value is -4.90. The molecule has 0 spiro atoms. The number of phenolic OH excluding ortho intramolecular Hbond substituents is 1. The van der Waals surface area contributed by atoms with Crippen LogP contribution < -0.4 is 26.2 Å². The summed E-state index contributed by atoms with van der Waals surface area (Å²) >= 11 is 6.74. The number of piperidine rings is 1. The van der Waals surface area contributed by atoms with Crippen LogP contribution in [0.3, 0.4) is 0 Å². The summed E-state index contributed by atoms with van der Waals surface area (Å²) in [7, 11) is 0. The Balaban J connectivity index is 1.14. The third-order valence-corrected chi connectivity index (χ3v) is 11.9. The fraction of sp³-hybridized carbons (Fsp3) is 0.450. The molecule has 3 aliphatic rings. The number of fused-ring (bicyclic) bond motifs is 1. The first-order valence-electron chi connectivity index (χ1n) is 19.3. The number of carbonyl (C=O) groups is 5. The molecule has 2 aromatic carbocycles. The van der Waals surface area contributed by atoms with E-state index in [0.29, 0.717) is 99.0 Å². The van der Waals surface area contributed by atoms with Crippen molar-refractivity contribution in [3.8, 4) is 5.75 Å². The average molecular weight is 912 g/mol. The summed E-state index contributed by atoms with van der Waals surface area (Å²) < 4.78 is 0.837. The number of unbranched alkanes of at least 4 members (excludes halogenated alkanes) is 1. The van der Waals surface area contributed by atoms with E-state index in [1.54, 1.807) is 34.3 Å². The number of hydrogen-bond acceptors (Lipinski definition) is 8. The van der Waals surface area contributed by atoms with Gasteiger partial charge in [0.15, 0.2) is 0 Å². The smallest absolute Gasteiger partial charge is 0.322 e. The molecular formula is C40H49Br2N9O6. The van der Waals surface area contributed by atoms with Crippen LogP contribution in [-0.4, -0.2) is 119 Å². The van der Waals surface area contributed by atoms with Crippen LogP contribution >= 0.6 is 31.9 Å². The van der Waals surface area contributed by atoms with Gasteiger partial charge >= 0.3 is 12.1 Å². The first-order valence-corrected chi connectivity index (χ1v) is 20.9. The summed E-state index contributed by atoms with van der Waals surface area (Å²) in [5.74, 6) is -0.852. The van der Waals surface area contributed by atoms with Gasteiger partial charge in [-0.1, -0.05) is 18.2 Å². The molecule has 7 amide bonds. The lowest BCUT2D eigenvalue weighted by atomic mass is 10.0. The minimum Gasteiger partial charge on any atom is -0.506 e. The van der Waals surface area contributed by atoms with Crippen LogP contribution in [0.5, 0.6) is 5.75 Å². The molecule has 2 fully saturated rings. The SMILES string of the molecule is CC(=O)NCCCC[C@H](NC(=O)[C@@H](Cc1cc(Br)c(O)c(Br)c1)NC(=O)N1CCC(N2Cc3ccccc3NC2=O)CC1)C(=O)N1CCN(c2ccncc2)CC1. The number of aromatic nitrogens is 1. The fourth-order valence-corrected chi connectivity index (χ4v) is 8.83. The van der Waals surface area contributed by atoms with Gasteiger partial charge in [-0.2, -0.15) is 0 Å². The predicted molar refractivity (Wildman–Crippen MR) is 223 cm³/mol. The molecule has 1 aromatic heterocycles. The quantitative estimate of drug-likeness (QED) is 0.155. The van der Waals surface area contributed by atoms with Crippen molar-refractivity contribution in [3.63, 3.8) is 0 Å². The zero-order valence-corrected chi connectivity index (χ0v) is 35.1. The van der Waals surface area contributed by atoms with Crippen LogP contribution in [0.15, 0.2) is 69.9 Å². The second-order valence-electron chi connectivity index (χ2n) is 14.6. The first kappa shape index (κ1) is 41.7. The maximum atomic E-state index is 14.3. The van der Waals surface area contributed by atoms with Crippen molar-refractivity contribution < 1.29 is 29.1 Å². The van der Waals surface area contributed by atoms with Crippen molar-refractivity contribution in [3.05, 3.63) is 81.0 Å². The van der Waals surface area contributed by atoms with E-state index >= 15 is 0 Å². The van der Waals surface area contributed by atoms with Crippen LogP contribution in [0, 0.1) is 0 Å². The molecule has 3 aliphatic heterocycles. The number of pyridine rings is 1. The predicted octanol–water partition coefficient (Wildman–Crippen LogP) is 4.59. The maximum absolute atomic E-state index is 14.3. The minimum absolute atomic E-state index is 0.00600. The second kappa shape index (κ2) is 19.5. The lowest BCUT2D eigenvalue weighted by Gasteiger charge is -2.40. The monoisotopic (exact) mass is 909 g/mol. The number of phenols is 1. The number of nitrogens with zero attached hydrogens (tertiary/aromatic N) is 5. The third kappa shape index (κ3) is 10.9. The molecule has 304 valence electrons. The molecule has 0 bridgehead atoms. The molecule has 0 saturated carbocycles. The first-order chi connectivity index (χ1) is 27.5. The molecule has 5 N–H and O–H groups in total. The molecule has 0 unspecified atom stereocenters. The largest absolute Gasteiger partial charge is 0.506 e. The van der Waals surface area contributed by atoms with E-state index in [2.05, 4.69) is 63.0 Å². The van der Waals surface area contributed by atoms with E-state index in [1.165, 1.54) is 6.92 Å². The van der Waals surface area contributed by atoms with Gasteiger partial charge in [-0.15, -0.1) is 0 Å². The van der Waals surface area contributed by atoms with E-state index in [9.17, 15) is 29.1 Å². The number of aromatic hydroxyl groups is 1. The highest BCUT2D eigenvalue weighted by molar-refractivity contribution is 9.11. The molecule has 3 aromatic rings. The lowest BCUT2D eigenvalue weighted by Crippen LogP contribution is -2.59. The van der Waals surface area contributed by atoms with Crippen molar-refractivity contribution in [2.45, 2.75) is 70.1 Å². The summed E-state index contributed by atoms with van der Waals surface area (Å²) in [6.45, 7) is 5.33. The lowest BCUT2D eigenvalue weighted by molar-refractivity contribution is -0.137. The summed E-state index contributed by atoms with van der Waals surface area (Å²) in [5, 5.41) is 22.0. The average Bonchev–Trinajstić information content (AvgIpc) is 3.21. The number of hydrogen-bond donors (Lipinski definition) is 5. The van der Waals surface area contributed by atoms with Crippen LogP contribution in [0.2, 0.25) is 0 Å². The van der Waals surface area contributed by atoms with Crippen molar-refractivity contribution >= 4 is 73.0 Å². The fourth-order valence-electron chi connectivity index (χ4n) is 7.55. The third-order valence-electron chi connectivity index (χ3n) is 10.7. The number of amides is 7. The maximum Gasteiger partial charge on any atom is 0.322 e. The number of halogens is 2. The number of nitrogens with one attached hydrogen (secondary N) is 4. The molecule has 0 aliphatic carbocycles. The zero-order chi connectivity index (χ0) is 40.5. The minimum atomic E-state index is -1.07. The van der Waals surface area contributed by atoms with Gasteiger partial charge in [0.1, 0.15) is 17.8 Å². The van der Waals surface area contributed by atoms with Gasteiger partial charge in [0.05, 0.1) is 8.95 Å². The van der Waals surface area contributed by atoms with Gasteiger partial charge in [0.25, 0.3) is 0 Å². The molecule has 6 rings (SSSR count). The number of carbonyl (C=O) groups excluding carboxylic acids is 5. The van der Waals surface area contributed by atoms with Crippen LogP contribution in [-0.2, 0) is 27.3 Å². The van der Waals surface area contributed by atoms with E-state index in [1.807, 2.05) is 41.3 Å². The van der Waals surface area contributed by atoms with Crippen LogP contribution in [0.4, 0.5) is 21.0 Å². The van der Waals surface area contributed by atoms with Crippen molar-refractivity contribution in [2.24, 2.45) is 0 Å². The summed E-state index contributed by atoms with van der Waals surface area (Å²) in [5.41, 5.74) is 3.53. The topological polar surface area (TPSA) is 180 Å². The number of anilines is 2. The zero-order valence-electron chi connectivity index (χ0n) is 31.9. The van der Waals surface area contributed by atoms with Gasteiger partial charge in [-0.05, 0) is 105 Å². The van der Waals surface area contributed by atoms with Gasteiger partial charge in [0.2, 0.25) is 17.7 Å². The second-order valence-corrected chi connectivity index (χ2v) is 16.3. The highest BCUT2D eigenvalue weighted by Gasteiger charge is 2.35. The number of rotatable bonds is 13. The Morgan fingerprint density at radius 3 is 2.26 bits per heavy atom. The van der Waals surface area contributed by atoms with Crippen molar-refractivity contribution in [1.82, 2.24) is 35.6 Å². The highest BCUT2D eigenvalue weighted by Crippen LogP contribution is 2.34. The number of para-hydroxylation sites is 1.